The molecule has 0 radical (unpaired) electrons. The van der Waals surface area contributed by atoms with Crippen LogP contribution in [0.4, 0.5) is 0 Å². The molecule has 158 valence electrons. The maximum absolute atomic E-state index is 6.73. The summed E-state index contributed by atoms with van der Waals surface area (Å²) in [5, 5.41) is 8.66. The Bertz CT molecular complexity index is 1010. The van der Waals surface area contributed by atoms with Crippen molar-refractivity contribution in [1.82, 2.24) is 9.91 Å². The standard InChI is InChI=1S/C24H27Cl2N3O/c1-15(2)28-10-8-24(9-11-28)29-22(19-12-16(3)4-7-23(19)30-24)14-21(27-29)18-6-5-17(25)13-20(18)26/h4-7,12-13,15,22H,8-11,14H2,1-3H3/t22-/m0/s1. The van der Waals surface area contributed by atoms with Gasteiger partial charge in [-0.1, -0.05) is 47.0 Å². The van der Waals surface area contributed by atoms with Gasteiger partial charge in [0.15, 0.2) is 0 Å². The lowest BCUT2D eigenvalue weighted by molar-refractivity contribution is -0.152. The average molecular weight is 444 g/mol. The van der Waals surface area contributed by atoms with Crippen molar-refractivity contribution in [3.05, 3.63) is 63.1 Å². The quantitative estimate of drug-likeness (QED) is 0.565. The smallest absolute Gasteiger partial charge is 0.200 e. The van der Waals surface area contributed by atoms with Crippen molar-refractivity contribution in [2.45, 2.75) is 57.8 Å². The van der Waals surface area contributed by atoms with Gasteiger partial charge < -0.3 is 9.64 Å². The van der Waals surface area contributed by atoms with E-state index in [4.69, 9.17) is 33.0 Å². The van der Waals surface area contributed by atoms with E-state index < -0.39 is 5.72 Å². The zero-order valence-corrected chi connectivity index (χ0v) is 19.2. The first-order valence-corrected chi connectivity index (χ1v) is 11.5. The number of likely N-dealkylation sites (tertiary alicyclic amines) is 1. The lowest BCUT2D eigenvalue weighted by Crippen LogP contribution is -2.59. The average Bonchev–Trinajstić information content (AvgIpc) is 3.15. The molecule has 30 heavy (non-hydrogen) atoms. The second-order valence-electron chi connectivity index (χ2n) is 8.95. The third-order valence-corrected chi connectivity index (χ3v) is 7.25. The van der Waals surface area contributed by atoms with Gasteiger partial charge in [-0.15, -0.1) is 0 Å². The zero-order chi connectivity index (χ0) is 21.0. The molecule has 0 unspecified atom stereocenters. The van der Waals surface area contributed by atoms with Gasteiger partial charge in [0.2, 0.25) is 5.72 Å². The van der Waals surface area contributed by atoms with Crippen molar-refractivity contribution in [3.63, 3.8) is 0 Å². The highest BCUT2D eigenvalue weighted by atomic mass is 35.5. The molecule has 2 aromatic rings. The largest absolute Gasteiger partial charge is 0.466 e. The van der Waals surface area contributed by atoms with E-state index in [1.807, 2.05) is 12.1 Å². The molecule has 1 saturated heterocycles. The van der Waals surface area contributed by atoms with Crippen LogP contribution in [0.2, 0.25) is 10.0 Å². The maximum Gasteiger partial charge on any atom is 0.200 e. The summed E-state index contributed by atoms with van der Waals surface area (Å²) in [4.78, 5) is 2.52. The van der Waals surface area contributed by atoms with E-state index in [1.54, 1.807) is 6.07 Å². The van der Waals surface area contributed by atoms with Crippen LogP contribution in [0.25, 0.3) is 0 Å². The van der Waals surface area contributed by atoms with Crippen molar-refractivity contribution in [2.75, 3.05) is 13.1 Å². The normalized spacial score (nSPS) is 22.7. The van der Waals surface area contributed by atoms with Crippen molar-refractivity contribution in [3.8, 4) is 5.75 Å². The molecular formula is C24H27Cl2N3O. The van der Waals surface area contributed by atoms with Gasteiger partial charge in [-0.25, -0.2) is 5.01 Å². The summed E-state index contributed by atoms with van der Waals surface area (Å²) in [6, 6.07) is 12.9. The van der Waals surface area contributed by atoms with Crippen molar-refractivity contribution in [2.24, 2.45) is 5.10 Å². The number of hydrogen-bond acceptors (Lipinski definition) is 4. The topological polar surface area (TPSA) is 28.1 Å². The first-order chi connectivity index (χ1) is 14.4. The number of fused-ring (bicyclic) bond motifs is 4. The lowest BCUT2D eigenvalue weighted by Gasteiger charge is -2.51. The molecule has 4 nitrogen and oxygen atoms in total. The van der Waals surface area contributed by atoms with Crippen molar-refractivity contribution in [1.29, 1.82) is 0 Å². The van der Waals surface area contributed by atoms with Gasteiger partial charge in [-0.05, 0) is 39.0 Å². The van der Waals surface area contributed by atoms with Gasteiger partial charge in [0.25, 0.3) is 0 Å². The highest BCUT2D eigenvalue weighted by Gasteiger charge is 2.52. The number of benzene rings is 2. The van der Waals surface area contributed by atoms with Crippen LogP contribution in [0.1, 0.15) is 55.8 Å². The van der Waals surface area contributed by atoms with E-state index in [0.29, 0.717) is 16.1 Å². The van der Waals surface area contributed by atoms with Crippen LogP contribution in [-0.4, -0.2) is 40.5 Å². The predicted octanol–water partition coefficient (Wildman–Crippen LogP) is 6.05. The van der Waals surface area contributed by atoms with E-state index in [-0.39, 0.29) is 6.04 Å². The van der Waals surface area contributed by atoms with Crippen molar-refractivity contribution >= 4 is 28.9 Å². The zero-order valence-electron chi connectivity index (χ0n) is 17.7. The first kappa shape index (κ1) is 20.2. The predicted molar refractivity (Wildman–Crippen MR) is 123 cm³/mol. The molecule has 3 aliphatic rings. The van der Waals surface area contributed by atoms with E-state index >= 15 is 0 Å². The molecule has 3 heterocycles. The van der Waals surface area contributed by atoms with Crippen molar-refractivity contribution < 1.29 is 4.74 Å². The first-order valence-electron chi connectivity index (χ1n) is 10.7. The minimum absolute atomic E-state index is 0.168. The van der Waals surface area contributed by atoms with E-state index in [1.165, 1.54) is 11.1 Å². The number of halogens is 2. The lowest BCUT2D eigenvalue weighted by atomic mass is 9.90. The minimum atomic E-state index is -0.404. The Balaban J connectivity index is 1.56. The highest BCUT2D eigenvalue weighted by Crippen LogP contribution is 2.50. The summed E-state index contributed by atoms with van der Waals surface area (Å²) in [5.41, 5.74) is 4.01. The third-order valence-electron chi connectivity index (χ3n) is 6.70. The molecule has 0 bridgehead atoms. The SMILES string of the molecule is Cc1ccc2c(c1)[C@@H]1CC(c3ccc(Cl)cc3Cl)=NN1C1(CCN(C(C)C)CC1)O2. The fourth-order valence-corrected chi connectivity index (χ4v) is 5.53. The molecule has 0 saturated carbocycles. The number of hydrazone groups is 1. The van der Waals surface area contributed by atoms with Crippen LogP contribution < -0.4 is 4.74 Å². The monoisotopic (exact) mass is 443 g/mol. The summed E-state index contributed by atoms with van der Waals surface area (Å²) < 4.78 is 6.73. The summed E-state index contributed by atoms with van der Waals surface area (Å²) >= 11 is 12.7. The molecular weight excluding hydrogens is 417 g/mol. The Morgan fingerprint density at radius 2 is 1.87 bits per heavy atom. The Morgan fingerprint density at radius 3 is 2.57 bits per heavy atom. The summed E-state index contributed by atoms with van der Waals surface area (Å²) in [5.74, 6) is 0.999. The molecule has 0 amide bonds. The molecule has 0 N–H and O–H groups in total. The van der Waals surface area contributed by atoms with Gasteiger partial charge in [0.1, 0.15) is 5.75 Å². The van der Waals surface area contributed by atoms with Crippen LogP contribution in [0.5, 0.6) is 5.75 Å². The highest BCUT2D eigenvalue weighted by molar-refractivity contribution is 6.37. The Hall–Kier alpha value is -1.75. The van der Waals surface area contributed by atoms with E-state index in [2.05, 4.69) is 48.9 Å². The Morgan fingerprint density at radius 1 is 1.10 bits per heavy atom. The van der Waals surface area contributed by atoms with Crippen LogP contribution >= 0.6 is 23.2 Å². The van der Waals surface area contributed by atoms with E-state index in [9.17, 15) is 0 Å². The van der Waals surface area contributed by atoms with E-state index in [0.717, 1.165) is 49.4 Å². The van der Waals surface area contributed by atoms with Crippen LogP contribution in [0.3, 0.4) is 0 Å². The number of rotatable bonds is 2. The summed E-state index contributed by atoms with van der Waals surface area (Å²) in [6.07, 6.45) is 2.68. The van der Waals surface area contributed by atoms with Crippen LogP contribution in [0, 0.1) is 6.92 Å². The molecule has 0 aromatic heterocycles. The van der Waals surface area contributed by atoms with Gasteiger partial charge >= 0.3 is 0 Å². The second-order valence-corrected chi connectivity index (χ2v) is 9.80. The number of hydrogen-bond donors (Lipinski definition) is 0. The summed E-state index contributed by atoms with van der Waals surface area (Å²) in [6.45, 7) is 8.66. The number of ether oxygens (including phenoxy) is 1. The number of nitrogens with zero attached hydrogens (tertiary/aromatic N) is 3. The fraction of sp³-hybridized carbons (Fsp3) is 0.458. The molecule has 5 rings (SSSR count). The van der Waals surface area contributed by atoms with Gasteiger partial charge in [0, 0.05) is 54.5 Å². The molecule has 0 aliphatic carbocycles. The number of aryl methyl sites for hydroxylation is 1. The van der Waals surface area contributed by atoms with Gasteiger partial charge in [-0.2, -0.15) is 5.10 Å². The van der Waals surface area contributed by atoms with Gasteiger partial charge in [-0.3, -0.25) is 0 Å². The molecule has 6 heteroatoms. The molecule has 2 aromatic carbocycles. The fourth-order valence-electron chi connectivity index (χ4n) is 5.01. The maximum atomic E-state index is 6.73. The molecule has 3 aliphatic heterocycles. The molecule has 1 atom stereocenters. The minimum Gasteiger partial charge on any atom is -0.466 e. The van der Waals surface area contributed by atoms with Crippen LogP contribution in [-0.2, 0) is 0 Å². The molecule has 1 fully saturated rings. The second kappa shape index (κ2) is 7.44. The van der Waals surface area contributed by atoms with Crippen LogP contribution in [0.15, 0.2) is 41.5 Å². The molecule has 1 spiro atoms. The Labute approximate surface area is 188 Å². The summed E-state index contributed by atoms with van der Waals surface area (Å²) in [7, 11) is 0. The van der Waals surface area contributed by atoms with Gasteiger partial charge in [0.05, 0.1) is 16.8 Å². The third kappa shape index (κ3) is 3.30. The number of piperidine rings is 1. The Kier molecular flexibility index (Phi) is 5.00.